The van der Waals surface area contributed by atoms with Gasteiger partial charge < -0.3 is 39.2 Å². The van der Waals surface area contributed by atoms with E-state index in [1.807, 2.05) is 27.1 Å². The lowest BCUT2D eigenvalue weighted by atomic mass is 10.2. The maximum atomic E-state index is 11.0. The Hall–Kier alpha value is -2.68. The average Bonchev–Trinajstić information content (AvgIpc) is 2.84. The van der Waals surface area contributed by atoms with Crippen molar-refractivity contribution in [1.29, 1.82) is 0 Å². The van der Waals surface area contributed by atoms with Gasteiger partial charge in [-0.25, -0.2) is 19.6 Å². The summed E-state index contributed by atoms with van der Waals surface area (Å²) >= 11 is 6.66. The van der Waals surface area contributed by atoms with Crippen LogP contribution >= 0.6 is 31.9 Å². The molecule has 0 radical (unpaired) electrons. The summed E-state index contributed by atoms with van der Waals surface area (Å²) in [6, 6.07) is 3.79. The molecule has 0 aliphatic rings. The quantitative estimate of drug-likeness (QED) is 0.143. The van der Waals surface area contributed by atoms with Gasteiger partial charge in [0.25, 0.3) is 0 Å². The van der Waals surface area contributed by atoms with Crippen LogP contribution in [-0.2, 0) is 14.2 Å². The normalized spacial score (nSPS) is 10.8. The number of hydrogen-bond donors (Lipinski definition) is 1. The van der Waals surface area contributed by atoms with E-state index in [0.29, 0.717) is 24.8 Å². The van der Waals surface area contributed by atoms with Gasteiger partial charge in [-0.2, -0.15) is 0 Å². The molecule has 2 rings (SSSR count). The van der Waals surface area contributed by atoms with E-state index in [9.17, 15) is 9.59 Å². The fourth-order valence-electron chi connectivity index (χ4n) is 2.95. The number of hydrogen-bond acceptors (Lipinski definition) is 12. The molecule has 12 nitrogen and oxygen atoms in total. The first-order chi connectivity index (χ1) is 20.7. The molecule has 0 saturated carbocycles. The Morgan fingerprint density at radius 1 is 0.761 bits per heavy atom. The van der Waals surface area contributed by atoms with Crippen molar-refractivity contribution >= 4 is 49.9 Å². The Morgan fingerprint density at radius 2 is 1.15 bits per heavy atom. The minimum Gasteiger partial charge on any atom is -0.477 e. The van der Waals surface area contributed by atoms with Crippen LogP contribution in [-0.4, -0.2) is 97.8 Å². The fraction of sp³-hybridized carbons (Fsp3) is 0.625. The number of carbonyl (C=O) groups is 2. The molecular weight excluding hydrogens is 726 g/mol. The second kappa shape index (κ2) is 22.8. The molecule has 0 spiro atoms. The molecule has 0 atom stereocenters. The van der Waals surface area contributed by atoms with Gasteiger partial charge >= 0.3 is 12.3 Å². The highest BCUT2D eigenvalue weighted by Gasteiger charge is 2.24. The molecule has 2 N–H and O–H groups in total. The van der Waals surface area contributed by atoms with E-state index in [2.05, 4.69) is 70.5 Å². The third-order valence-corrected chi connectivity index (χ3v) is 5.63. The maximum absolute atomic E-state index is 11.0. The number of nitrogens with two attached hydrogens (primary N) is 1. The van der Waals surface area contributed by atoms with Crippen molar-refractivity contribution in [3.63, 3.8) is 0 Å². The topological polar surface area (TPSA) is 139 Å². The van der Waals surface area contributed by atoms with Crippen LogP contribution in [0, 0.1) is 6.92 Å². The van der Waals surface area contributed by atoms with Gasteiger partial charge in [0.2, 0.25) is 11.8 Å². The Bertz CT molecular complexity index is 1080. The first-order valence-electron chi connectivity index (χ1n) is 14.4. The van der Waals surface area contributed by atoms with Crippen LogP contribution in [0.15, 0.2) is 33.5 Å². The van der Waals surface area contributed by atoms with E-state index >= 15 is 0 Å². The van der Waals surface area contributed by atoms with Crippen molar-refractivity contribution in [2.45, 2.75) is 79.9 Å². The number of aryl methyl sites for hydroxylation is 1. The summed E-state index contributed by atoms with van der Waals surface area (Å²) < 4.78 is 26.7. The van der Waals surface area contributed by atoms with E-state index < -0.39 is 23.5 Å². The highest BCUT2D eigenvalue weighted by atomic mass is 79.9. The van der Waals surface area contributed by atoms with Crippen molar-refractivity contribution in [1.82, 2.24) is 19.8 Å². The summed E-state index contributed by atoms with van der Waals surface area (Å²) in [5.41, 5.74) is 5.97. The van der Waals surface area contributed by atoms with Crippen LogP contribution in [0.5, 0.6) is 11.8 Å². The van der Waals surface area contributed by atoms with Crippen LogP contribution in [0.3, 0.4) is 0 Å². The second-order valence-corrected chi connectivity index (χ2v) is 14.2. The molecule has 0 aromatic carbocycles. The summed E-state index contributed by atoms with van der Waals surface area (Å²) in [6.07, 6.45) is 3.30. The Balaban J connectivity index is 0. The molecule has 0 amide bonds. The van der Waals surface area contributed by atoms with E-state index in [-0.39, 0.29) is 7.43 Å². The fourth-order valence-corrected chi connectivity index (χ4v) is 3.75. The van der Waals surface area contributed by atoms with Gasteiger partial charge in [-0.3, -0.25) is 0 Å². The lowest BCUT2D eigenvalue weighted by molar-refractivity contribution is -0.0293. The Labute approximate surface area is 292 Å². The van der Waals surface area contributed by atoms with E-state index in [1.54, 1.807) is 60.0 Å². The smallest absolute Gasteiger partial charge is 0.477 e. The molecular formula is C32H55Br2N5O7. The number of halogens is 2. The Kier molecular flexibility index (Phi) is 22.5. The summed E-state index contributed by atoms with van der Waals surface area (Å²) in [5.74, 6) is 1.24. The molecule has 14 heteroatoms. The second-order valence-electron chi connectivity index (χ2n) is 12.4. The van der Waals surface area contributed by atoms with E-state index in [0.717, 1.165) is 46.3 Å². The molecule has 264 valence electrons. The molecule has 0 unspecified atom stereocenters. The van der Waals surface area contributed by atoms with Crippen LogP contribution in [0.4, 0.5) is 15.3 Å². The Morgan fingerprint density at radius 3 is 1.52 bits per heavy atom. The van der Waals surface area contributed by atoms with Crippen LogP contribution in [0.25, 0.3) is 0 Å². The molecule has 0 saturated heterocycles. The summed E-state index contributed by atoms with van der Waals surface area (Å²) in [7, 11) is 8.19. The van der Waals surface area contributed by atoms with E-state index in [1.165, 1.54) is 0 Å². The van der Waals surface area contributed by atoms with Crippen molar-refractivity contribution in [3.8, 4) is 11.8 Å². The first-order valence-corrected chi connectivity index (χ1v) is 16.0. The highest BCUT2D eigenvalue weighted by Crippen LogP contribution is 2.22. The van der Waals surface area contributed by atoms with Crippen molar-refractivity contribution in [2.75, 3.05) is 60.2 Å². The first kappa shape index (κ1) is 45.4. The minimum absolute atomic E-state index is 0. The van der Waals surface area contributed by atoms with Crippen molar-refractivity contribution in [3.05, 3.63) is 39.0 Å². The molecule has 2 aromatic heterocycles. The molecule has 0 fully saturated rings. The monoisotopic (exact) mass is 779 g/mol. The number of ether oxygens (including phenoxy) is 5. The van der Waals surface area contributed by atoms with Gasteiger partial charge in [-0.15, -0.1) is 0 Å². The van der Waals surface area contributed by atoms with Gasteiger partial charge in [0.15, 0.2) is 0 Å². The third-order valence-electron chi connectivity index (χ3n) is 4.76. The standard InChI is InChI=1S/C11H17BrN2O.C10H16BrN3O.C10H18O5.CH4/c1-9-7-10(12)8-13-11(9)15-6-4-5-14(2)3;1-14(2)4-3-5-15-10-9(12)6-8(11)7-13-10;1-9(2,3)14-7(11)13-8(12)15-10(4,5)6;/h7-8H,4-6H2,1-3H3;6-7H,3-5,12H2,1-2H3;1-6H3;1H4. The third kappa shape index (κ3) is 25.5. The molecule has 0 aliphatic heterocycles. The maximum Gasteiger partial charge on any atom is 0.519 e. The zero-order valence-corrected chi connectivity index (χ0v) is 31.7. The van der Waals surface area contributed by atoms with Gasteiger partial charge in [0.05, 0.1) is 18.9 Å². The van der Waals surface area contributed by atoms with Gasteiger partial charge in [-0.05, 0) is 133 Å². The number of anilines is 1. The summed E-state index contributed by atoms with van der Waals surface area (Å²) in [6.45, 7) is 15.4. The molecule has 46 heavy (non-hydrogen) atoms. The predicted molar refractivity (Wildman–Crippen MR) is 191 cm³/mol. The van der Waals surface area contributed by atoms with Crippen molar-refractivity contribution < 1.29 is 33.3 Å². The van der Waals surface area contributed by atoms with E-state index in [4.69, 9.17) is 24.7 Å². The number of aromatic nitrogens is 2. The van der Waals surface area contributed by atoms with Crippen LogP contribution < -0.4 is 15.2 Å². The SMILES string of the molecule is C.CC(C)(C)OC(=O)OC(=O)OC(C)(C)C.CN(C)CCCOc1ncc(Br)cc1N.Cc1cc(Br)cnc1OCCCN(C)C. The summed E-state index contributed by atoms with van der Waals surface area (Å²) in [5, 5.41) is 0. The highest BCUT2D eigenvalue weighted by molar-refractivity contribution is 9.10. The van der Waals surface area contributed by atoms with Crippen LogP contribution in [0.2, 0.25) is 0 Å². The summed E-state index contributed by atoms with van der Waals surface area (Å²) in [4.78, 5) is 34.6. The zero-order chi connectivity index (χ0) is 34.8. The minimum atomic E-state index is -1.06. The number of rotatable bonds is 10. The van der Waals surface area contributed by atoms with Gasteiger partial charge in [-0.1, -0.05) is 7.43 Å². The molecule has 0 bridgehead atoms. The number of carbonyl (C=O) groups excluding carboxylic acids is 2. The van der Waals surface area contributed by atoms with Gasteiger partial charge in [0, 0.05) is 40.0 Å². The largest absolute Gasteiger partial charge is 0.519 e. The zero-order valence-electron chi connectivity index (χ0n) is 28.5. The number of pyridine rings is 2. The molecule has 2 aromatic rings. The number of nitrogen functional groups attached to an aromatic ring is 1. The lowest BCUT2D eigenvalue weighted by Crippen LogP contribution is -2.29. The molecule has 2 heterocycles. The number of nitrogens with zero attached hydrogens (tertiary/aromatic N) is 4. The molecule has 0 aliphatic carbocycles. The van der Waals surface area contributed by atoms with Crippen LogP contribution in [0.1, 0.15) is 67.4 Å². The van der Waals surface area contributed by atoms with Gasteiger partial charge in [0.1, 0.15) is 11.2 Å². The average molecular weight is 782 g/mol. The lowest BCUT2D eigenvalue weighted by Gasteiger charge is -2.20. The predicted octanol–water partition coefficient (Wildman–Crippen LogP) is 7.75. The van der Waals surface area contributed by atoms with Crippen molar-refractivity contribution in [2.24, 2.45) is 0 Å².